The van der Waals surface area contributed by atoms with Gasteiger partial charge in [0.15, 0.2) is 42.6 Å². The van der Waals surface area contributed by atoms with E-state index >= 15 is 0 Å². The molecule has 20 N–H and O–H groups in total. The molecule has 18 atom stereocenters. The van der Waals surface area contributed by atoms with E-state index in [0.29, 0.717) is 135 Å². The van der Waals surface area contributed by atoms with E-state index < -0.39 is 154 Å². The first-order chi connectivity index (χ1) is 70.0. The number of aliphatic hydroxyl groups excluding tert-OH is 10. The van der Waals surface area contributed by atoms with Crippen LogP contribution in [0, 0.1) is 5.92 Å². The number of nitrogens with one attached hydrogen (secondary N) is 8. The first-order valence-electron chi connectivity index (χ1n) is 52.1. The summed E-state index contributed by atoms with van der Waals surface area (Å²) in [5.41, 5.74) is 8.21. The summed E-state index contributed by atoms with van der Waals surface area (Å²) in [6.45, 7) is 10.8. The van der Waals surface area contributed by atoms with Gasteiger partial charge >= 0.3 is 8.00 Å². The van der Waals surface area contributed by atoms with Gasteiger partial charge in [0.25, 0.3) is 0 Å². The number of hydrogen-bond donors (Lipinski definition) is 19. The average Bonchev–Trinajstić information content (AvgIpc) is 1.13. The van der Waals surface area contributed by atoms with Gasteiger partial charge in [0.05, 0.1) is 90.7 Å². The number of benzene rings is 2. The van der Waals surface area contributed by atoms with Crippen molar-refractivity contribution < 1.29 is 151 Å². The van der Waals surface area contributed by atoms with Crippen LogP contribution < -0.4 is 53.2 Å². The summed E-state index contributed by atoms with van der Waals surface area (Å²) in [6.07, 6.45) is 7.33. The number of nitrogens with two attached hydrogens (primary N) is 1. The molecule has 0 bridgehead atoms. The molecule has 44 heteroatoms. The third-order valence-corrected chi connectivity index (χ3v) is 28.5. The second kappa shape index (κ2) is 64.8. The fourth-order valence-corrected chi connectivity index (χ4v) is 19.8. The molecule has 6 fully saturated rings. The molecule has 7 aliphatic rings. The highest BCUT2D eigenvalue weighted by Gasteiger charge is 2.85. The van der Waals surface area contributed by atoms with Gasteiger partial charge in [-0.15, -0.1) is 0 Å². The lowest BCUT2D eigenvalue weighted by Gasteiger charge is -2.73. The molecule has 817 valence electrons. The van der Waals surface area contributed by atoms with Crippen LogP contribution in [0.15, 0.2) is 60.7 Å². The number of likely N-dealkylation sites (tertiary alicyclic amines) is 1. The molecular formula is C101H165BN11O31P+. The van der Waals surface area contributed by atoms with Gasteiger partial charge in [-0.05, 0) is 101 Å². The van der Waals surface area contributed by atoms with E-state index in [1.54, 1.807) is 4.90 Å². The summed E-state index contributed by atoms with van der Waals surface area (Å²) in [4.78, 5) is 109. The minimum absolute atomic E-state index is 0.0844. The van der Waals surface area contributed by atoms with E-state index in [-0.39, 0.29) is 160 Å². The van der Waals surface area contributed by atoms with E-state index in [4.69, 9.17) is 66.9 Å². The summed E-state index contributed by atoms with van der Waals surface area (Å²) in [5.74, 6) is -3.44. The predicted molar refractivity (Wildman–Crippen MR) is 539 cm³/mol. The number of carbonyl (C=O) groups excluding carboxylic acids is 8. The van der Waals surface area contributed by atoms with Crippen LogP contribution in [0.4, 0.5) is 5.69 Å². The van der Waals surface area contributed by atoms with Crippen LogP contribution in [0.3, 0.4) is 0 Å². The third kappa shape index (κ3) is 38.4. The van der Waals surface area contributed by atoms with Crippen LogP contribution in [-0.2, 0) is 106 Å². The molecule has 0 aromatic heterocycles. The number of amides is 8. The molecule has 6 heterocycles. The van der Waals surface area contributed by atoms with Crippen LogP contribution >= 0.6 is 8.00 Å². The topological polar surface area (TPSA) is 588 Å². The molecule has 6 aliphatic heterocycles. The van der Waals surface area contributed by atoms with Gasteiger partial charge in [-0.3, -0.25) is 38.4 Å². The zero-order chi connectivity index (χ0) is 105. The maximum absolute atomic E-state index is 14.8. The molecule has 1 saturated carbocycles. The van der Waals surface area contributed by atoms with Crippen molar-refractivity contribution in [3.05, 3.63) is 77.4 Å². The number of allylic oxidation sites excluding steroid dienone is 1. The van der Waals surface area contributed by atoms with Gasteiger partial charge in [-0.2, -0.15) is 9.05 Å². The Balaban J connectivity index is 0.738. The summed E-state index contributed by atoms with van der Waals surface area (Å²) in [7, 11) is 0.904. The predicted octanol–water partition coefficient (Wildman–Crippen LogP) is 1.84. The van der Waals surface area contributed by atoms with Gasteiger partial charge in [0, 0.05) is 155 Å². The minimum Gasteiger partial charge on any atom is -0.402 e. The van der Waals surface area contributed by atoms with Crippen LogP contribution in [0.1, 0.15) is 218 Å². The van der Waals surface area contributed by atoms with Gasteiger partial charge in [-0.25, -0.2) is 0 Å². The Morgan fingerprint density at radius 1 is 0.531 bits per heavy atom. The van der Waals surface area contributed by atoms with Gasteiger partial charge < -0.3 is 161 Å². The number of hydrogen-bond acceptors (Lipinski definition) is 34. The number of aliphatic hydroxyl groups is 10. The zero-order valence-electron chi connectivity index (χ0n) is 85.3. The highest BCUT2D eigenvalue weighted by Crippen LogP contribution is 2.58. The SMILES string of the molecule is CC(=O)NC1C(OCCCCCCNC(=O)CCOCC(COCCC(=O)NCCCCCCOC2OC(CO)C(O)C(O)C2NC(C)=O)(COCCC(=O)NCCCCCCOC2OC3(CO)C(O)C(O)C23NC(C)=O)NC(=O)C2CCN(C(=O)COCCOCCN/C3=C(\N)c4ccccc4N(CCCCCCCO[P+](OCCCCC/C=C/[C@@H]4[B]C4O)=C(C)C)Cc4ccccc43)CC2)OC(CO)C(O)C1O. The number of rotatable bonds is 73. The largest absolute Gasteiger partial charge is 0.429 e. The zero-order valence-corrected chi connectivity index (χ0v) is 86.2. The highest BCUT2D eigenvalue weighted by atomic mass is 31.1. The van der Waals surface area contributed by atoms with Crippen LogP contribution in [0.5, 0.6) is 0 Å². The Labute approximate surface area is 853 Å². The number of unbranched alkanes of at least 4 members (excludes halogenated alkanes) is 16. The van der Waals surface area contributed by atoms with E-state index in [0.717, 1.165) is 92.4 Å². The Morgan fingerprint density at radius 2 is 1.01 bits per heavy atom. The standard InChI is InChI=1S/C101H164BN11O31P/c1-68(2)145(140-52-30-13-6-8-18-35-76-94(130)102-76)141-53-31-14-7-12-26-46-113-60-73-32-19-20-33-74(73)85(84(103)75-34-21-22-36-77(75)113)107-45-57-132-58-59-133-63-83(123)112-47-37-72(38-48-112)95(131)111-99(65-134-54-39-80(120)104-42-23-9-15-27-49-137-96-86(108-69(3)117)90(126)88(124)78(61-114)142-96,66-135-55-40-81(121)105-43-24-10-16-28-50-138-97-87(109-70(4)118)91(127)89(125)79(62-115)143-97)67-136-56-41-82(122)106-44-25-11-17-29-51-139-98-101(110-71(5)119)93(129)92(128)100(101,64-116)144-98/h18-22,32-36,72,76,78-79,86-94,96-98,107,114-116,124-130H,6-17,23-31,37-67,103H2,1-5H3,(H6-,104,105,106,108,109,110,111,117,118,119,120,121,122,131)/p+1/b35-18+,85-84-/t76-,78?,79?,86?,87?,88?,89?,90?,91?,92?,93?,94?,96?,97?,98?,99?,100?,101?/m0/s1. The number of fused-ring (bicyclic) bond motifs is 3. The summed E-state index contributed by atoms with van der Waals surface area (Å²) in [6, 6.07) is 14.2. The fourth-order valence-electron chi connectivity index (χ4n) is 18.6. The Kier molecular flexibility index (Phi) is 54.1. The summed E-state index contributed by atoms with van der Waals surface area (Å²) >= 11 is 0. The van der Waals surface area contributed by atoms with E-state index in [2.05, 4.69) is 104 Å². The molecule has 8 amide bonds. The summed E-state index contributed by atoms with van der Waals surface area (Å²) < 4.78 is 77.7. The van der Waals surface area contributed by atoms with Crippen molar-refractivity contribution in [2.75, 3.05) is 170 Å². The number of nitrogens with zero attached hydrogens (tertiary/aromatic N) is 2. The van der Waals surface area contributed by atoms with Gasteiger partial charge in [0.1, 0.15) is 86.3 Å². The first-order valence-corrected chi connectivity index (χ1v) is 53.3. The second-order valence-electron chi connectivity index (χ2n) is 38.7. The maximum atomic E-state index is 14.8. The third-order valence-electron chi connectivity index (χ3n) is 26.9. The van der Waals surface area contributed by atoms with Crippen molar-refractivity contribution in [3.8, 4) is 0 Å². The van der Waals surface area contributed by atoms with E-state index in [1.807, 2.05) is 25.5 Å². The van der Waals surface area contributed by atoms with Gasteiger partial charge in [-0.1, -0.05) is 119 Å². The quantitative estimate of drug-likeness (QED) is 0.0194. The summed E-state index contributed by atoms with van der Waals surface area (Å²) in [5, 5.41) is 126. The average molecular weight is 2070 g/mol. The normalized spacial score (nSPS) is 25.9. The van der Waals surface area contributed by atoms with E-state index in [1.165, 1.54) is 26.1 Å². The molecule has 2 aromatic carbocycles. The van der Waals surface area contributed by atoms with E-state index in [9.17, 15) is 89.4 Å². The lowest BCUT2D eigenvalue weighted by Crippen LogP contribution is -3.00. The number of piperidine rings is 1. The molecule has 17 unspecified atom stereocenters. The number of carbonyl (C=O) groups is 8. The molecule has 9 rings (SSSR count). The molecule has 1 aliphatic carbocycles. The van der Waals surface area contributed by atoms with Gasteiger partial charge in [0.2, 0.25) is 47.3 Å². The molecule has 0 spiro atoms. The number of para-hydroxylation sites is 1. The second-order valence-corrected chi connectivity index (χ2v) is 40.6. The lowest BCUT2D eigenvalue weighted by molar-refractivity contribution is -0.475. The number of anilines is 1. The maximum Gasteiger partial charge on any atom is 0.429 e. The van der Waals surface area contributed by atoms with Crippen molar-refractivity contribution in [2.45, 2.75) is 316 Å². The Bertz CT molecular complexity index is 4190. The Morgan fingerprint density at radius 3 is 1.52 bits per heavy atom. The smallest absolute Gasteiger partial charge is 0.402 e. The molecule has 5 saturated heterocycles. The lowest BCUT2D eigenvalue weighted by atomic mass is 9.53. The van der Waals surface area contributed by atoms with Crippen molar-refractivity contribution in [1.82, 2.24) is 47.4 Å². The highest BCUT2D eigenvalue weighted by molar-refractivity contribution is 7.49. The first kappa shape index (κ1) is 121. The van der Waals surface area contributed by atoms with Crippen molar-refractivity contribution >= 4 is 84.9 Å². The monoisotopic (exact) mass is 2070 g/mol. The molecular weight excluding hydrogens is 1900 g/mol. The molecule has 1 radical (unpaired) electrons. The fraction of sp³-hybridized carbons (Fsp3) is 0.752. The number of ether oxygens (including phenoxy) is 11. The Hall–Kier alpha value is -7.61. The van der Waals surface area contributed by atoms with Crippen molar-refractivity contribution in [1.29, 1.82) is 0 Å². The van der Waals surface area contributed by atoms with Crippen molar-refractivity contribution in [3.63, 3.8) is 0 Å². The van der Waals surface area contributed by atoms with Crippen LogP contribution in [0.2, 0.25) is 5.82 Å². The van der Waals surface area contributed by atoms with Crippen LogP contribution in [-0.4, -0.2) is 383 Å². The molecule has 145 heavy (non-hydrogen) atoms. The minimum atomic E-state index is -1.58. The molecule has 2 aromatic rings. The van der Waals surface area contributed by atoms with Crippen molar-refractivity contribution in [2.24, 2.45) is 11.7 Å². The van der Waals surface area contributed by atoms with Crippen LogP contribution in [0.25, 0.3) is 11.4 Å². The molecule has 42 nitrogen and oxygen atoms in total.